The van der Waals surface area contributed by atoms with E-state index in [0.29, 0.717) is 29.6 Å². The Morgan fingerprint density at radius 2 is 1.47 bits per heavy atom. The van der Waals surface area contributed by atoms with Crippen LogP contribution in [0.1, 0.15) is 32.6 Å². The number of unbranched alkanes of at least 4 members (excludes halogenated alkanes) is 3. The zero-order valence-electron chi connectivity index (χ0n) is 18.2. The third-order valence-corrected chi connectivity index (χ3v) is 5.30. The van der Waals surface area contributed by atoms with Crippen molar-refractivity contribution in [2.75, 3.05) is 6.61 Å². The first-order valence-corrected chi connectivity index (χ1v) is 11.1. The van der Waals surface area contributed by atoms with Crippen molar-refractivity contribution in [1.82, 2.24) is 15.0 Å². The Kier molecular flexibility index (Phi) is 7.08. The van der Waals surface area contributed by atoms with Gasteiger partial charge >= 0.3 is 0 Å². The highest BCUT2D eigenvalue weighted by Gasteiger charge is 2.11. The maximum Gasteiger partial charge on any atom is 0.167 e. The normalized spacial score (nSPS) is 10.8. The zero-order valence-corrected chi connectivity index (χ0v) is 18.2. The molecular formula is C27H27N3O2. The summed E-state index contributed by atoms with van der Waals surface area (Å²) < 4.78 is 5.75. The van der Waals surface area contributed by atoms with Crippen molar-refractivity contribution < 1.29 is 9.84 Å². The highest BCUT2D eigenvalue weighted by molar-refractivity contribution is 5.69. The molecule has 0 fully saturated rings. The highest BCUT2D eigenvalue weighted by Crippen LogP contribution is 2.31. The average Bonchev–Trinajstić information content (AvgIpc) is 2.85. The van der Waals surface area contributed by atoms with Crippen molar-refractivity contribution in [2.45, 2.75) is 32.6 Å². The molecule has 0 saturated heterocycles. The summed E-state index contributed by atoms with van der Waals surface area (Å²) in [6.45, 7) is 2.83. The summed E-state index contributed by atoms with van der Waals surface area (Å²) in [6.07, 6.45) is 6.04. The van der Waals surface area contributed by atoms with E-state index in [4.69, 9.17) is 4.74 Å². The standard InChI is InChI=1S/C27H27N3O2/c1-2-3-4-8-17-32-23-15-16-24(25(31)18-23)27-29-19-28-26(30-27)22-13-11-21(12-14-22)20-9-6-5-7-10-20/h5-7,9-16,18-19,31H,2-4,8,17H2,1H3. The van der Waals surface area contributed by atoms with E-state index >= 15 is 0 Å². The second-order valence-electron chi connectivity index (χ2n) is 7.66. The SMILES string of the molecule is CCCCCCOc1ccc(-c2ncnc(-c3ccc(-c4ccccc4)cc3)n2)c(O)c1. The summed E-state index contributed by atoms with van der Waals surface area (Å²) in [6, 6.07) is 23.6. The van der Waals surface area contributed by atoms with E-state index in [-0.39, 0.29) is 5.75 Å². The number of nitrogens with zero attached hydrogens (tertiary/aromatic N) is 3. The molecule has 32 heavy (non-hydrogen) atoms. The van der Waals surface area contributed by atoms with E-state index in [1.165, 1.54) is 19.2 Å². The van der Waals surface area contributed by atoms with Crippen LogP contribution in [-0.2, 0) is 0 Å². The third kappa shape index (κ3) is 5.30. The Balaban J connectivity index is 1.49. The van der Waals surface area contributed by atoms with Gasteiger partial charge in [-0.15, -0.1) is 0 Å². The molecule has 0 radical (unpaired) electrons. The molecule has 0 bridgehead atoms. The van der Waals surface area contributed by atoms with E-state index in [1.807, 2.05) is 36.4 Å². The molecule has 0 spiro atoms. The first-order valence-electron chi connectivity index (χ1n) is 11.1. The van der Waals surface area contributed by atoms with Gasteiger partial charge in [-0.1, -0.05) is 80.8 Å². The first-order chi connectivity index (χ1) is 15.7. The highest BCUT2D eigenvalue weighted by atomic mass is 16.5. The molecule has 3 aromatic carbocycles. The monoisotopic (exact) mass is 425 g/mol. The van der Waals surface area contributed by atoms with Gasteiger partial charge in [-0.05, 0) is 29.7 Å². The summed E-state index contributed by atoms with van der Waals surface area (Å²) in [5, 5.41) is 10.5. The molecule has 0 amide bonds. The van der Waals surface area contributed by atoms with Gasteiger partial charge in [-0.25, -0.2) is 15.0 Å². The van der Waals surface area contributed by atoms with Gasteiger partial charge in [0.15, 0.2) is 11.6 Å². The van der Waals surface area contributed by atoms with Crippen LogP contribution < -0.4 is 4.74 Å². The number of rotatable bonds is 9. The van der Waals surface area contributed by atoms with Crippen LogP contribution in [-0.4, -0.2) is 26.7 Å². The average molecular weight is 426 g/mol. The third-order valence-electron chi connectivity index (χ3n) is 5.30. The number of ether oxygens (including phenoxy) is 1. The lowest BCUT2D eigenvalue weighted by Crippen LogP contribution is -1.98. The van der Waals surface area contributed by atoms with Crippen LogP contribution in [0.3, 0.4) is 0 Å². The quantitative estimate of drug-likeness (QED) is 0.309. The number of phenols is 1. The Hall–Kier alpha value is -3.73. The summed E-state index contributed by atoms with van der Waals surface area (Å²) in [4.78, 5) is 13.2. The number of hydrogen-bond donors (Lipinski definition) is 1. The Morgan fingerprint density at radius 3 is 2.22 bits per heavy atom. The molecule has 0 unspecified atom stereocenters. The van der Waals surface area contributed by atoms with Crippen LogP contribution in [0.25, 0.3) is 33.9 Å². The van der Waals surface area contributed by atoms with Crippen molar-refractivity contribution >= 4 is 0 Å². The van der Waals surface area contributed by atoms with Gasteiger partial charge in [0.25, 0.3) is 0 Å². The maximum atomic E-state index is 10.5. The minimum absolute atomic E-state index is 0.0904. The minimum atomic E-state index is 0.0904. The second-order valence-corrected chi connectivity index (χ2v) is 7.66. The molecule has 1 aromatic heterocycles. The zero-order chi connectivity index (χ0) is 22.2. The number of hydrogen-bond acceptors (Lipinski definition) is 5. The molecule has 1 heterocycles. The predicted octanol–water partition coefficient (Wildman–Crippen LogP) is 6.54. The van der Waals surface area contributed by atoms with E-state index in [2.05, 4.69) is 46.1 Å². The fourth-order valence-corrected chi connectivity index (χ4v) is 3.52. The van der Waals surface area contributed by atoms with Crippen LogP contribution >= 0.6 is 0 Å². The molecule has 0 saturated carbocycles. The van der Waals surface area contributed by atoms with Gasteiger partial charge in [0.2, 0.25) is 0 Å². The topological polar surface area (TPSA) is 68.1 Å². The Bertz CT molecular complexity index is 1150. The molecule has 1 N–H and O–H groups in total. The lowest BCUT2D eigenvalue weighted by Gasteiger charge is -2.09. The lowest BCUT2D eigenvalue weighted by molar-refractivity contribution is 0.303. The van der Waals surface area contributed by atoms with Gasteiger partial charge in [0, 0.05) is 11.6 Å². The molecule has 4 rings (SSSR count). The summed E-state index contributed by atoms with van der Waals surface area (Å²) in [7, 11) is 0. The Labute approximate surface area is 188 Å². The van der Waals surface area contributed by atoms with E-state index in [9.17, 15) is 5.11 Å². The number of benzene rings is 3. The lowest BCUT2D eigenvalue weighted by atomic mass is 10.0. The van der Waals surface area contributed by atoms with E-state index in [0.717, 1.165) is 29.5 Å². The maximum absolute atomic E-state index is 10.5. The first kappa shape index (κ1) is 21.5. The van der Waals surface area contributed by atoms with Gasteiger partial charge in [-0.2, -0.15) is 0 Å². The van der Waals surface area contributed by atoms with E-state index in [1.54, 1.807) is 12.1 Å². The van der Waals surface area contributed by atoms with Crippen LogP contribution in [0.5, 0.6) is 11.5 Å². The van der Waals surface area contributed by atoms with Gasteiger partial charge in [0.05, 0.1) is 12.2 Å². The molecule has 0 aliphatic rings. The fraction of sp³-hybridized carbons (Fsp3) is 0.222. The van der Waals surface area contributed by atoms with E-state index < -0.39 is 0 Å². The van der Waals surface area contributed by atoms with Crippen molar-refractivity contribution in [3.8, 4) is 45.4 Å². The molecule has 0 aliphatic heterocycles. The van der Waals surface area contributed by atoms with Crippen molar-refractivity contribution in [3.63, 3.8) is 0 Å². The molecule has 5 nitrogen and oxygen atoms in total. The van der Waals surface area contributed by atoms with Crippen LogP contribution in [0.4, 0.5) is 0 Å². The van der Waals surface area contributed by atoms with Crippen LogP contribution in [0, 0.1) is 0 Å². The smallest absolute Gasteiger partial charge is 0.167 e. The van der Waals surface area contributed by atoms with Gasteiger partial charge in [0.1, 0.15) is 17.8 Å². The van der Waals surface area contributed by atoms with Crippen molar-refractivity contribution in [1.29, 1.82) is 0 Å². The fourth-order valence-electron chi connectivity index (χ4n) is 3.52. The van der Waals surface area contributed by atoms with Gasteiger partial charge < -0.3 is 9.84 Å². The van der Waals surface area contributed by atoms with Crippen LogP contribution in [0.15, 0.2) is 79.1 Å². The largest absolute Gasteiger partial charge is 0.507 e. The second kappa shape index (κ2) is 10.5. The van der Waals surface area contributed by atoms with Crippen LogP contribution in [0.2, 0.25) is 0 Å². The minimum Gasteiger partial charge on any atom is -0.507 e. The summed E-state index contributed by atoms with van der Waals surface area (Å²) in [5.41, 5.74) is 3.73. The van der Waals surface area contributed by atoms with Crippen molar-refractivity contribution in [2.24, 2.45) is 0 Å². The van der Waals surface area contributed by atoms with Crippen molar-refractivity contribution in [3.05, 3.63) is 79.1 Å². The molecule has 0 atom stereocenters. The number of phenolic OH excluding ortho intramolecular Hbond substituents is 1. The summed E-state index contributed by atoms with van der Waals surface area (Å²) >= 11 is 0. The molecule has 0 aliphatic carbocycles. The number of aromatic nitrogens is 3. The molecular weight excluding hydrogens is 398 g/mol. The number of aromatic hydroxyl groups is 1. The molecule has 4 aromatic rings. The molecule has 162 valence electrons. The predicted molar refractivity (Wildman–Crippen MR) is 127 cm³/mol. The van der Waals surface area contributed by atoms with Gasteiger partial charge in [-0.3, -0.25) is 0 Å². The Morgan fingerprint density at radius 1 is 0.750 bits per heavy atom. The summed E-state index contributed by atoms with van der Waals surface area (Å²) in [5.74, 6) is 1.72. The molecule has 5 heteroatoms.